The monoisotopic (exact) mass is 214 g/mol. The summed E-state index contributed by atoms with van der Waals surface area (Å²) in [7, 11) is 0. The van der Waals surface area contributed by atoms with E-state index in [-0.39, 0.29) is 5.41 Å². The maximum atomic E-state index is 10.1. The number of unbranched alkanes of at least 4 members (excludes halogenated alkanes) is 2. The molecule has 0 heterocycles. The third kappa shape index (κ3) is 2.73. The van der Waals surface area contributed by atoms with Gasteiger partial charge in [0.25, 0.3) is 0 Å². The number of rotatable bonds is 6. The molecule has 0 spiro atoms. The smallest absolute Gasteiger partial charge is 0.168 e. The van der Waals surface area contributed by atoms with Crippen LogP contribution in [-0.2, 0) is 0 Å². The minimum Gasteiger partial charge on any atom is -0.365 e. The van der Waals surface area contributed by atoms with E-state index in [0.717, 1.165) is 51.4 Å². The van der Waals surface area contributed by atoms with E-state index in [1.54, 1.807) is 0 Å². The molecule has 15 heavy (non-hydrogen) atoms. The van der Waals surface area contributed by atoms with Gasteiger partial charge in [0.2, 0.25) is 0 Å². The molecule has 0 atom stereocenters. The lowest BCUT2D eigenvalue weighted by Gasteiger charge is -2.39. The van der Waals surface area contributed by atoms with Gasteiger partial charge in [0.05, 0.1) is 0 Å². The average molecular weight is 214 g/mol. The van der Waals surface area contributed by atoms with E-state index in [1.165, 1.54) is 0 Å². The van der Waals surface area contributed by atoms with Gasteiger partial charge in [-0.2, -0.15) is 0 Å². The van der Waals surface area contributed by atoms with Crippen LogP contribution in [0.25, 0.3) is 0 Å². The zero-order valence-electron chi connectivity index (χ0n) is 10.3. The largest absolute Gasteiger partial charge is 0.365 e. The summed E-state index contributed by atoms with van der Waals surface area (Å²) in [4.78, 5) is 0. The van der Waals surface area contributed by atoms with E-state index in [1.807, 2.05) is 0 Å². The third-order valence-electron chi connectivity index (χ3n) is 4.05. The second-order valence-corrected chi connectivity index (χ2v) is 5.16. The molecule has 0 radical (unpaired) electrons. The lowest BCUT2D eigenvalue weighted by molar-refractivity contribution is -0.231. The van der Waals surface area contributed by atoms with Crippen molar-refractivity contribution in [3.05, 3.63) is 0 Å². The first-order valence-corrected chi connectivity index (χ1v) is 6.53. The third-order valence-corrected chi connectivity index (χ3v) is 4.05. The highest BCUT2D eigenvalue weighted by molar-refractivity contribution is 4.96. The maximum absolute atomic E-state index is 10.1. The molecule has 0 aromatic carbocycles. The summed E-state index contributed by atoms with van der Waals surface area (Å²) in [5, 5.41) is 20.2. The van der Waals surface area contributed by atoms with Gasteiger partial charge >= 0.3 is 0 Å². The minimum atomic E-state index is -1.39. The van der Waals surface area contributed by atoms with E-state index in [9.17, 15) is 10.2 Å². The van der Waals surface area contributed by atoms with Gasteiger partial charge < -0.3 is 10.2 Å². The van der Waals surface area contributed by atoms with Crippen LogP contribution in [0.2, 0.25) is 0 Å². The molecule has 0 aromatic rings. The van der Waals surface area contributed by atoms with E-state index in [4.69, 9.17) is 0 Å². The van der Waals surface area contributed by atoms with Gasteiger partial charge in [0.1, 0.15) is 0 Å². The fourth-order valence-electron chi connectivity index (χ4n) is 2.94. The predicted molar refractivity (Wildman–Crippen MR) is 62.5 cm³/mol. The first kappa shape index (κ1) is 13.0. The highest BCUT2D eigenvalue weighted by Crippen LogP contribution is 2.51. The van der Waals surface area contributed by atoms with Crippen molar-refractivity contribution in [1.82, 2.24) is 0 Å². The van der Waals surface area contributed by atoms with Crippen LogP contribution in [0.1, 0.15) is 71.6 Å². The van der Waals surface area contributed by atoms with Crippen LogP contribution >= 0.6 is 0 Å². The van der Waals surface area contributed by atoms with Crippen molar-refractivity contribution < 1.29 is 10.2 Å². The van der Waals surface area contributed by atoms with Gasteiger partial charge in [-0.1, -0.05) is 39.5 Å². The van der Waals surface area contributed by atoms with Crippen LogP contribution < -0.4 is 0 Å². The molecule has 0 aliphatic heterocycles. The molecule has 2 heteroatoms. The lowest BCUT2D eigenvalue weighted by atomic mass is 9.73. The summed E-state index contributed by atoms with van der Waals surface area (Å²) >= 11 is 0. The van der Waals surface area contributed by atoms with Gasteiger partial charge in [0.15, 0.2) is 5.79 Å². The molecular formula is C13H26O2. The molecule has 1 aliphatic carbocycles. The van der Waals surface area contributed by atoms with Crippen LogP contribution in [0.3, 0.4) is 0 Å². The van der Waals surface area contributed by atoms with Crippen molar-refractivity contribution in [2.75, 3.05) is 0 Å². The number of hydrogen-bond acceptors (Lipinski definition) is 2. The highest BCUT2D eigenvalue weighted by Gasteiger charge is 2.51. The zero-order chi connectivity index (χ0) is 11.4. The summed E-state index contributed by atoms with van der Waals surface area (Å²) in [5.41, 5.74) is -0.195. The molecule has 1 fully saturated rings. The van der Waals surface area contributed by atoms with Gasteiger partial charge in [0, 0.05) is 11.8 Å². The van der Waals surface area contributed by atoms with E-state index in [0.29, 0.717) is 6.42 Å². The molecule has 0 unspecified atom stereocenters. The second-order valence-electron chi connectivity index (χ2n) is 5.16. The van der Waals surface area contributed by atoms with Crippen LogP contribution in [0.4, 0.5) is 0 Å². The number of hydrogen-bond donors (Lipinski definition) is 2. The topological polar surface area (TPSA) is 40.5 Å². The normalized spacial score (nSPS) is 23.2. The lowest BCUT2D eigenvalue weighted by Crippen LogP contribution is -2.43. The van der Waals surface area contributed by atoms with Crippen molar-refractivity contribution in [1.29, 1.82) is 0 Å². The summed E-state index contributed by atoms with van der Waals surface area (Å²) in [5.74, 6) is -1.39. The highest BCUT2D eigenvalue weighted by atomic mass is 16.5. The molecule has 0 bridgehead atoms. The fourth-order valence-corrected chi connectivity index (χ4v) is 2.94. The van der Waals surface area contributed by atoms with Crippen LogP contribution in [0, 0.1) is 5.41 Å². The Balaban J connectivity index is 2.66. The van der Waals surface area contributed by atoms with Crippen molar-refractivity contribution in [3.63, 3.8) is 0 Å². The Kier molecular flexibility index (Phi) is 4.60. The van der Waals surface area contributed by atoms with Crippen molar-refractivity contribution in [2.45, 2.75) is 77.4 Å². The first-order chi connectivity index (χ1) is 7.08. The summed E-state index contributed by atoms with van der Waals surface area (Å²) < 4.78 is 0. The van der Waals surface area contributed by atoms with Crippen LogP contribution in [-0.4, -0.2) is 16.0 Å². The first-order valence-electron chi connectivity index (χ1n) is 6.53. The van der Waals surface area contributed by atoms with E-state index >= 15 is 0 Å². The van der Waals surface area contributed by atoms with Crippen molar-refractivity contribution in [2.24, 2.45) is 5.41 Å². The quantitative estimate of drug-likeness (QED) is 0.666. The summed E-state index contributed by atoms with van der Waals surface area (Å²) in [6, 6.07) is 0. The molecule has 1 rings (SSSR count). The molecule has 0 saturated heterocycles. The standard InChI is InChI=1S/C13H26O2/c1-3-5-8-12(9-6-4-2)10-7-11-13(12,14)15/h14-15H,3-11H2,1-2H3. The Morgan fingerprint density at radius 1 is 0.933 bits per heavy atom. The zero-order valence-corrected chi connectivity index (χ0v) is 10.3. The Morgan fingerprint density at radius 3 is 1.80 bits per heavy atom. The Bertz CT molecular complexity index is 179. The van der Waals surface area contributed by atoms with E-state index in [2.05, 4.69) is 13.8 Å². The van der Waals surface area contributed by atoms with Gasteiger partial charge in [-0.05, 0) is 25.7 Å². The van der Waals surface area contributed by atoms with Gasteiger partial charge in [-0.15, -0.1) is 0 Å². The Hall–Kier alpha value is -0.0800. The summed E-state index contributed by atoms with van der Waals surface area (Å²) in [6.45, 7) is 4.33. The van der Waals surface area contributed by atoms with Crippen LogP contribution in [0.15, 0.2) is 0 Å². The molecular weight excluding hydrogens is 188 g/mol. The van der Waals surface area contributed by atoms with Gasteiger partial charge in [-0.3, -0.25) is 0 Å². The second kappa shape index (κ2) is 5.31. The molecule has 1 aliphatic rings. The average Bonchev–Trinajstić information content (AvgIpc) is 2.49. The molecule has 90 valence electrons. The molecule has 0 aromatic heterocycles. The Labute approximate surface area is 93.7 Å². The SMILES string of the molecule is CCCCC1(CCCC)CCCC1(O)O. The molecule has 2 N–H and O–H groups in total. The van der Waals surface area contributed by atoms with Crippen molar-refractivity contribution in [3.8, 4) is 0 Å². The van der Waals surface area contributed by atoms with Gasteiger partial charge in [-0.25, -0.2) is 0 Å². The minimum absolute atomic E-state index is 0.195. The van der Waals surface area contributed by atoms with Crippen molar-refractivity contribution >= 4 is 0 Å². The molecule has 2 nitrogen and oxygen atoms in total. The molecule has 0 amide bonds. The number of aliphatic hydroxyl groups is 2. The maximum Gasteiger partial charge on any atom is 0.168 e. The predicted octanol–water partition coefficient (Wildman–Crippen LogP) is 3.22. The summed E-state index contributed by atoms with van der Waals surface area (Å²) in [6.07, 6.45) is 9.03. The fraction of sp³-hybridized carbons (Fsp3) is 1.00. The van der Waals surface area contributed by atoms with E-state index < -0.39 is 5.79 Å². The van der Waals surface area contributed by atoms with Crippen LogP contribution in [0.5, 0.6) is 0 Å². The Morgan fingerprint density at radius 2 is 1.47 bits per heavy atom. The molecule has 1 saturated carbocycles.